The highest BCUT2D eigenvalue weighted by Gasteiger charge is 2.30. The second kappa shape index (κ2) is 6.22. The summed E-state index contributed by atoms with van der Waals surface area (Å²) in [6.07, 6.45) is 1.28. The predicted molar refractivity (Wildman–Crippen MR) is 76.5 cm³/mol. The van der Waals surface area contributed by atoms with E-state index in [0.29, 0.717) is 5.57 Å². The first kappa shape index (κ1) is 14.8. The number of esters is 1. The molecule has 1 aliphatic rings. The number of hydrogen-bond acceptors (Lipinski definition) is 3. The minimum atomic E-state index is -0.705. The number of halogens is 2. The summed E-state index contributed by atoms with van der Waals surface area (Å²) in [5.41, 5.74) is 1.13. The maximum atomic E-state index is 13.5. The van der Waals surface area contributed by atoms with E-state index in [2.05, 4.69) is 15.9 Å². The Morgan fingerprint density at radius 1 is 1.40 bits per heavy atom. The van der Waals surface area contributed by atoms with Crippen LogP contribution in [0.4, 0.5) is 4.39 Å². The van der Waals surface area contributed by atoms with Crippen LogP contribution in [-0.4, -0.2) is 12.6 Å². The first-order chi connectivity index (χ1) is 9.52. The van der Waals surface area contributed by atoms with E-state index >= 15 is 0 Å². The number of hydrogen-bond donors (Lipinski definition) is 0. The molecule has 106 valence electrons. The third-order valence-corrected chi connectivity index (χ3v) is 3.49. The van der Waals surface area contributed by atoms with Crippen molar-refractivity contribution in [3.63, 3.8) is 0 Å². The molecule has 0 saturated carbocycles. The van der Waals surface area contributed by atoms with Gasteiger partial charge in [-0.2, -0.15) is 4.39 Å². The molecule has 0 amide bonds. The van der Waals surface area contributed by atoms with Gasteiger partial charge in [0.05, 0.1) is 12.2 Å². The van der Waals surface area contributed by atoms with Crippen LogP contribution < -0.4 is 0 Å². The molecule has 0 N–H and O–H groups in total. The van der Waals surface area contributed by atoms with E-state index in [1.807, 2.05) is 24.3 Å². The number of benzene rings is 1. The molecular weight excluding hydrogens is 327 g/mol. The van der Waals surface area contributed by atoms with Crippen molar-refractivity contribution in [3.05, 3.63) is 57.7 Å². The second-order valence-corrected chi connectivity index (χ2v) is 5.21. The lowest BCUT2D eigenvalue weighted by Gasteiger charge is -2.23. The molecule has 1 atom stereocenters. The zero-order valence-electron chi connectivity index (χ0n) is 11.2. The molecule has 0 saturated heterocycles. The van der Waals surface area contributed by atoms with Gasteiger partial charge in [0.2, 0.25) is 0 Å². The maximum absolute atomic E-state index is 13.5. The molecule has 0 bridgehead atoms. The lowest BCUT2D eigenvalue weighted by atomic mass is 9.89. The summed E-state index contributed by atoms with van der Waals surface area (Å²) in [4.78, 5) is 12.0. The Hall–Kier alpha value is -1.62. The van der Waals surface area contributed by atoms with Crippen molar-refractivity contribution in [2.45, 2.75) is 19.8 Å². The summed E-state index contributed by atoms with van der Waals surface area (Å²) in [6.45, 7) is 3.54. The van der Waals surface area contributed by atoms with Crippen LogP contribution in [0.25, 0.3) is 0 Å². The normalized spacial score (nSPS) is 18.4. The Morgan fingerprint density at radius 2 is 2.05 bits per heavy atom. The molecular formula is C15H14BrFO3. The fourth-order valence-corrected chi connectivity index (χ4v) is 2.35. The molecule has 0 aliphatic carbocycles. The molecule has 1 heterocycles. The molecule has 3 nitrogen and oxygen atoms in total. The molecule has 1 aromatic rings. The van der Waals surface area contributed by atoms with Gasteiger partial charge in [-0.05, 0) is 31.5 Å². The van der Waals surface area contributed by atoms with Gasteiger partial charge in [-0.15, -0.1) is 0 Å². The van der Waals surface area contributed by atoms with Gasteiger partial charge in [0.15, 0.2) is 0 Å². The van der Waals surface area contributed by atoms with Crippen LogP contribution in [-0.2, 0) is 14.3 Å². The van der Waals surface area contributed by atoms with Crippen LogP contribution in [0, 0.1) is 0 Å². The molecule has 1 aromatic carbocycles. The predicted octanol–water partition coefficient (Wildman–Crippen LogP) is 4.21. The summed E-state index contributed by atoms with van der Waals surface area (Å²) >= 11 is 3.34. The highest BCUT2D eigenvalue weighted by atomic mass is 79.9. The third-order valence-electron chi connectivity index (χ3n) is 2.96. The second-order valence-electron chi connectivity index (χ2n) is 4.29. The number of allylic oxidation sites excluding steroid dienone is 2. The topological polar surface area (TPSA) is 35.5 Å². The number of rotatable bonds is 3. The summed E-state index contributed by atoms with van der Waals surface area (Å²) in [5, 5.41) is 0. The quantitative estimate of drug-likeness (QED) is 0.773. The number of carbonyl (C=O) groups excluding carboxylic acids is 1. The molecule has 1 aliphatic heterocycles. The van der Waals surface area contributed by atoms with Crippen molar-refractivity contribution in [2.24, 2.45) is 0 Å². The number of carbonyl (C=O) groups is 1. The fraction of sp³-hybridized carbons (Fsp3) is 0.267. The maximum Gasteiger partial charge on any atom is 0.338 e. The molecule has 1 unspecified atom stereocenters. The monoisotopic (exact) mass is 340 g/mol. The van der Waals surface area contributed by atoms with E-state index in [4.69, 9.17) is 9.47 Å². The molecule has 0 radical (unpaired) electrons. The van der Waals surface area contributed by atoms with Crippen LogP contribution in [0.2, 0.25) is 0 Å². The molecule has 2 rings (SSSR count). The van der Waals surface area contributed by atoms with Crippen LogP contribution >= 0.6 is 15.9 Å². The first-order valence-electron chi connectivity index (χ1n) is 6.21. The molecule has 20 heavy (non-hydrogen) atoms. The van der Waals surface area contributed by atoms with Gasteiger partial charge in [-0.25, -0.2) is 4.79 Å². The summed E-state index contributed by atoms with van der Waals surface area (Å²) < 4.78 is 24.4. The van der Waals surface area contributed by atoms with E-state index < -0.39 is 17.9 Å². The third kappa shape index (κ3) is 3.10. The van der Waals surface area contributed by atoms with Crippen LogP contribution in [0.3, 0.4) is 0 Å². The highest BCUT2D eigenvalue weighted by Crippen LogP contribution is 2.36. The summed E-state index contributed by atoms with van der Waals surface area (Å²) in [7, 11) is 0. The SMILES string of the molecule is CCOC(=O)C1=C(C)OC(F)=CC1c1ccc(Br)cc1. The van der Waals surface area contributed by atoms with Crippen molar-refractivity contribution in [2.75, 3.05) is 6.61 Å². The van der Waals surface area contributed by atoms with E-state index in [9.17, 15) is 9.18 Å². The van der Waals surface area contributed by atoms with Gasteiger partial charge in [-0.1, -0.05) is 28.1 Å². The van der Waals surface area contributed by atoms with Crippen LogP contribution in [0.5, 0.6) is 0 Å². The Kier molecular flexibility index (Phi) is 4.60. The van der Waals surface area contributed by atoms with Crippen molar-refractivity contribution in [3.8, 4) is 0 Å². The Morgan fingerprint density at radius 3 is 2.65 bits per heavy atom. The Labute approximate surface area is 125 Å². The summed E-state index contributed by atoms with van der Waals surface area (Å²) in [5.74, 6) is -0.756. The lowest BCUT2D eigenvalue weighted by molar-refractivity contribution is -0.139. The van der Waals surface area contributed by atoms with Gasteiger partial charge in [-0.3, -0.25) is 0 Å². The highest BCUT2D eigenvalue weighted by molar-refractivity contribution is 9.10. The van der Waals surface area contributed by atoms with Gasteiger partial charge in [0.25, 0.3) is 6.01 Å². The van der Waals surface area contributed by atoms with Crippen LogP contribution in [0.1, 0.15) is 25.3 Å². The Balaban J connectivity index is 2.42. The van der Waals surface area contributed by atoms with Gasteiger partial charge >= 0.3 is 5.97 Å². The van der Waals surface area contributed by atoms with Crippen molar-refractivity contribution < 1.29 is 18.7 Å². The molecule has 0 spiro atoms. The van der Waals surface area contributed by atoms with Crippen molar-refractivity contribution >= 4 is 21.9 Å². The lowest BCUT2D eigenvalue weighted by Crippen LogP contribution is -2.19. The largest absolute Gasteiger partial charge is 0.463 e. The van der Waals surface area contributed by atoms with E-state index in [1.165, 1.54) is 6.08 Å². The van der Waals surface area contributed by atoms with E-state index in [-0.39, 0.29) is 12.4 Å². The zero-order valence-corrected chi connectivity index (χ0v) is 12.7. The molecule has 0 fully saturated rings. The molecule has 0 aromatic heterocycles. The van der Waals surface area contributed by atoms with Crippen molar-refractivity contribution in [1.29, 1.82) is 0 Å². The molecule has 5 heteroatoms. The first-order valence-corrected chi connectivity index (χ1v) is 7.00. The van der Waals surface area contributed by atoms with Gasteiger partial charge in [0.1, 0.15) is 5.76 Å². The minimum absolute atomic E-state index is 0.233. The van der Waals surface area contributed by atoms with Gasteiger partial charge < -0.3 is 9.47 Å². The van der Waals surface area contributed by atoms with E-state index in [0.717, 1.165) is 10.0 Å². The average Bonchev–Trinajstić information content (AvgIpc) is 2.38. The zero-order chi connectivity index (χ0) is 14.7. The minimum Gasteiger partial charge on any atom is -0.463 e. The van der Waals surface area contributed by atoms with Gasteiger partial charge in [0, 0.05) is 16.5 Å². The summed E-state index contributed by atoms with van der Waals surface area (Å²) in [6, 6.07) is 6.64. The smallest absolute Gasteiger partial charge is 0.338 e. The van der Waals surface area contributed by atoms with Crippen LogP contribution in [0.15, 0.2) is 52.2 Å². The van der Waals surface area contributed by atoms with E-state index in [1.54, 1.807) is 13.8 Å². The standard InChI is InChI=1S/C15H14BrFO3/c1-3-19-15(18)14-9(2)20-13(17)8-12(14)10-4-6-11(16)7-5-10/h4-8,12H,3H2,1-2H3. The van der Waals surface area contributed by atoms with Crippen molar-refractivity contribution in [1.82, 2.24) is 0 Å². The Bertz CT molecular complexity index is 575. The number of ether oxygens (including phenoxy) is 2. The average molecular weight is 341 g/mol. The fourth-order valence-electron chi connectivity index (χ4n) is 2.08.